The summed E-state index contributed by atoms with van der Waals surface area (Å²) >= 11 is 1.33. The van der Waals surface area contributed by atoms with E-state index < -0.39 is 35.5 Å². The Balaban J connectivity index is 1.68. The number of thiophene rings is 1. The van der Waals surface area contributed by atoms with Gasteiger partial charge in [-0.05, 0) is 50.3 Å². The zero-order valence-electron chi connectivity index (χ0n) is 17.2. The molecular weight excluding hydrogens is 437 g/mol. The molecule has 1 aliphatic heterocycles. The number of nitrogens with zero attached hydrogens (tertiary/aromatic N) is 2. The second-order valence-corrected chi connectivity index (χ2v) is 8.37. The molecule has 4 amide bonds. The summed E-state index contributed by atoms with van der Waals surface area (Å²) in [4.78, 5) is 56.0. The first-order valence-electron chi connectivity index (χ1n) is 10.2. The van der Waals surface area contributed by atoms with E-state index in [1.807, 2.05) is 0 Å². The number of amides is 4. The number of carbonyl (C=O) groups excluding carboxylic acids is 4. The average molecular weight is 457 g/mol. The van der Waals surface area contributed by atoms with Gasteiger partial charge in [0.2, 0.25) is 5.91 Å². The minimum Gasteiger partial charge on any atom is -0.462 e. The van der Waals surface area contributed by atoms with Gasteiger partial charge in [0.1, 0.15) is 10.8 Å². The quantitative estimate of drug-likeness (QED) is 0.420. The first-order chi connectivity index (χ1) is 15.4. The van der Waals surface area contributed by atoms with Crippen LogP contribution in [0.15, 0.2) is 29.3 Å². The molecule has 1 aromatic carbocycles. The Morgan fingerprint density at radius 2 is 2.03 bits per heavy atom. The highest BCUT2D eigenvalue weighted by molar-refractivity contribution is 7.16. The van der Waals surface area contributed by atoms with E-state index in [-0.39, 0.29) is 12.3 Å². The molecular formula is C22H20FN3O5S. The number of hydrogen-bond acceptors (Lipinski definition) is 7. The predicted octanol–water partition coefficient (Wildman–Crippen LogP) is 3.54. The maximum Gasteiger partial charge on any atom is 0.341 e. The highest BCUT2D eigenvalue weighted by atomic mass is 32.1. The Bertz CT molecular complexity index is 1140. The van der Waals surface area contributed by atoms with Gasteiger partial charge in [0.15, 0.2) is 5.92 Å². The molecule has 2 aromatic rings. The number of anilines is 1. The van der Waals surface area contributed by atoms with Crippen LogP contribution >= 0.6 is 11.3 Å². The zero-order chi connectivity index (χ0) is 22.8. The summed E-state index contributed by atoms with van der Waals surface area (Å²) in [6, 6.07) is 4.24. The lowest BCUT2D eigenvalue weighted by Gasteiger charge is -2.28. The summed E-state index contributed by atoms with van der Waals surface area (Å²) in [7, 11) is 0. The smallest absolute Gasteiger partial charge is 0.341 e. The zero-order valence-corrected chi connectivity index (χ0v) is 18.0. The number of fused-ring (bicyclic) bond motifs is 1. The van der Waals surface area contributed by atoms with Crippen LogP contribution in [0.4, 0.5) is 19.9 Å². The molecule has 1 N–H and O–H groups in total. The van der Waals surface area contributed by atoms with E-state index in [1.54, 1.807) is 6.92 Å². The molecule has 0 spiro atoms. The number of nitrogens with one attached hydrogen (secondary N) is 1. The number of aryl methyl sites for hydroxylation is 1. The Labute approximate surface area is 187 Å². The van der Waals surface area contributed by atoms with Crippen LogP contribution in [0.1, 0.15) is 40.6 Å². The third-order valence-corrected chi connectivity index (χ3v) is 6.47. The Morgan fingerprint density at radius 3 is 2.78 bits per heavy atom. The van der Waals surface area contributed by atoms with Gasteiger partial charge in [-0.15, -0.1) is 11.3 Å². The van der Waals surface area contributed by atoms with Gasteiger partial charge in [-0.2, -0.15) is 0 Å². The summed E-state index contributed by atoms with van der Waals surface area (Å²) in [5.41, 5.74) is 0.989. The second-order valence-electron chi connectivity index (χ2n) is 7.29. The number of rotatable bonds is 5. The van der Waals surface area contributed by atoms with Crippen molar-refractivity contribution in [3.8, 4) is 0 Å². The molecule has 1 fully saturated rings. The Kier molecular flexibility index (Phi) is 6.13. The Morgan fingerprint density at radius 1 is 1.28 bits per heavy atom. The topological polar surface area (TPSA) is 105 Å². The number of ether oxygens (including phenoxy) is 1. The van der Waals surface area contributed by atoms with Crippen molar-refractivity contribution in [3.05, 3.63) is 46.1 Å². The minimum absolute atomic E-state index is 0.204. The van der Waals surface area contributed by atoms with Gasteiger partial charge >= 0.3 is 12.0 Å². The highest BCUT2D eigenvalue weighted by Crippen LogP contribution is 2.40. The number of halogens is 1. The molecule has 0 radical (unpaired) electrons. The Hall–Kier alpha value is -3.40. The fraction of sp³-hybridized carbons (Fsp3) is 0.318. The maximum absolute atomic E-state index is 14.2. The molecule has 1 atom stereocenters. The SMILES string of the molecule is CCOC(=O)c1c(N=C[C@@H]2C(=O)NC(=O)N(c3ccccc3F)C2=O)sc2c1CCCC2. The lowest BCUT2D eigenvalue weighted by molar-refractivity contribution is -0.131. The van der Waals surface area contributed by atoms with E-state index in [0.717, 1.165) is 48.4 Å². The number of benzene rings is 1. The van der Waals surface area contributed by atoms with Gasteiger partial charge in [-0.3, -0.25) is 14.9 Å². The van der Waals surface area contributed by atoms with E-state index >= 15 is 0 Å². The van der Waals surface area contributed by atoms with Crippen molar-refractivity contribution in [2.45, 2.75) is 32.6 Å². The molecule has 10 heteroatoms. The molecule has 32 heavy (non-hydrogen) atoms. The number of imide groups is 2. The van der Waals surface area contributed by atoms with E-state index in [2.05, 4.69) is 10.3 Å². The predicted molar refractivity (Wildman–Crippen MR) is 116 cm³/mol. The standard InChI is InChI=1S/C22H20FN3O5S/c1-2-31-21(29)17-12-7-3-6-10-16(12)32-19(17)24-11-13-18(27)25-22(30)26(20(13)28)15-9-5-4-8-14(15)23/h4-5,8-9,11,13H,2-3,6-7,10H2,1H3,(H,25,27,30)/t13-/m1/s1. The number of para-hydroxylation sites is 1. The molecule has 0 bridgehead atoms. The fourth-order valence-electron chi connectivity index (χ4n) is 3.78. The largest absolute Gasteiger partial charge is 0.462 e. The van der Waals surface area contributed by atoms with Crippen LogP contribution in [0.3, 0.4) is 0 Å². The van der Waals surface area contributed by atoms with E-state index in [4.69, 9.17) is 4.74 Å². The fourth-order valence-corrected chi connectivity index (χ4v) is 5.01. The van der Waals surface area contributed by atoms with Gasteiger partial charge in [-0.1, -0.05) is 12.1 Å². The number of hydrogen-bond donors (Lipinski definition) is 1. The first kappa shape index (κ1) is 21.8. The minimum atomic E-state index is -1.46. The van der Waals surface area contributed by atoms with Crippen LogP contribution in [-0.2, 0) is 27.2 Å². The van der Waals surface area contributed by atoms with Crippen LogP contribution in [0.25, 0.3) is 0 Å². The summed E-state index contributed by atoms with van der Waals surface area (Å²) in [5, 5.41) is 2.41. The van der Waals surface area contributed by atoms with Gasteiger partial charge in [0.25, 0.3) is 5.91 Å². The molecule has 4 rings (SSSR count). The van der Waals surface area contributed by atoms with Crippen LogP contribution in [0.2, 0.25) is 0 Å². The first-order valence-corrected chi connectivity index (χ1v) is 11.0. The van der Waals surface area contributed by atoms with Crippen molar-refractivity contribution in [2.75, 3.05) is 11.5 Å². The van der Waals surface area contributed by atoms with Gasteiger partial charge in [-0.25, -0.2) is 23.9 Å². The maximum atomic E-state index is 14.2. The van der Waals surface area contributed by atoms with Gasteiger partial charge < -0.3 is 4.74 Å². The van der Waals surface area contributed by atoms with Gasteiger partial charge in [0, 0.05) is 11.1 Å². The third-order valence-electron chi connectivity index (χ3n) is 5.27. The van der Waals surface area contributed by atoms with Crippen molar-refractivity contribution < 1.29 is 28.3 Å². The molecule has 2 heterocycles. The molecule has 0 unspecified atom stereocenters. The summed E-state index contributed by atoms with van der Waals surface area (Å²) < 4.78 is 19.4. The lowest BCUT2D eigenvalue weighted by atomic mass is 9.95. The molecule has 1 aromatic heterocycles. The van der Waals surface area contributed by atoms with E-state index in [0.29, 0.717) is 15.5 Å². The number of esters is 1. The monoisotopic (exact) mass is 457 g/mol. The number of barbiturate groups is 1. The molecule has 0 saturated carbocycles. The van der Waals surface area contributed by atoms with Gasteiger partial charge in [0.05, 0.1) is 17.9 Å². The summed E-state index contributed by atoms with van der Waals surface area (Å²) in [5.74, 6) is -4.53. The molecule has 1 saturated heterocycles. The van der Waals surface area contributed by atoms with Crippen LogP contribution in [0.5, 0.6) is 0 Å². The van der Waals surface area contributed by atoms with Crippen molar-refractivity contribution >= 4 is 52.1 Å². The molecule has 166 valence electrons. The number of carbonyl (C=O) groups is 4. The number of urea groups is 1. The highest BCUT2D eigenvalue weighted by Gasteiger charge is 2.41. The summed E-state index contributed by atoms with van der Waals surface area (Å²) in [6.07, 6.45) is 4.59. The van der Waals surface area contributed by atoms with Crippen molar-refractivity contribution in [1.82, 2.24) is 5.32 Å². The van der Waals surface area contributed by atoms with Crippen LogP contribution in [-0.4, -0.2) is 36.6 Å². The second kappa shape index (κ2) is 8.99. The average Bonchev–Trinajstić information content (AvgIpc) is 3.13. The van der Waals surface area contributed by atoms with Crippen LogP contribution in [0, 0.1) is 11.7 Å². The third kappa shape index (κ3) is 3.93. The lowest BCUT2D eigenvalue weighted by Crippen LogP contribution is -2.58. The molecule has 1 aliphatic carbocycles. The van der Waals surface area contributed by atoms with Crippen molar-refractivity contribution in [2.24, 2.45) is 10.9 Å². The molecule has 2 aliphatic rings. The summed E-state index contributed by atoms with van der Waals surface area (Å²) in [6.45, 7) is 1.91. The van der Waals surface area contributed by atoms with Crippen molar-refractivity contribution in [1.29, 1.82) is 0 Å². The van der Waals surface area contributed by atoms with Crippen LogP contribution < -0.4 is 10.2 Å². The molecule has 8 nitrogen and oxygen atoms in total. The normalized spacial score (nSPS) is 18.6. The number of aliphatic imine (C=N–C) groups is 1. The van der Waals surface area contributed by atoms with E-state index in [9.17, 15) is 23.6 Å². The van der Waals surface area contributed by atoms with E-state index in [1.165, 1.54) is 29.5 Å². The van der Waals surface area contributed by atoms with Crippen molar-refractivity contribution in [3.63, 3.8) is 0 Å².